The summed E-state index contributed by atoms with van der Waals surface area (Å²) in [5, 5.41) is 7.83. The van der Waals surface area contributed by atoms with Gasteiger partial charge in [-0.05, 0) is 56.7 Å². The number of amides is 1. The first-order valence-electron chi connectivity index (χ1n) is 8.01. The first-order chi connectivity index (χ1) is 11.0. The van der Waals surface area contributed by atoms with E-state index in [0.717, 1.165) is 35.4 Å². The number of aryl methyl sites for hydroxylation is 2. The van der Waals surface area contributed by atoms with Crippen LogP contribution in [-0.2, 0) is 11.2 Å². The third-order valence-corrected chi connectivity index (χ3v) is 4.67. The molecule has 1 aromatic carbocycles. The molecule has 4 nitrogen and oxygen atoms in total. The predicted molar refractivity (Wildman–Crippen MR) is 89.4 cm³/mol. The van der Waals surface area contributed by atoms with Crippen molar-refractivity contribution in [2.24, 2.45) is 5.92 Å². The van der Waals surface area contributed by atoms with E-state index in [1.54, 1.807) is 0 Å². The number of hydrogen-bond acceptors (Lipinski definition) is 3. The van der Waals surface area contributed by atoms with E-state index in [2.05, 4.69) is 10.5 Å². The Kier molecular flexibility index (Phi) is 4.71. The van der Waals surface area contributed by atoms with Gasteiger partial charge in [0.2, 0.25) is 5.91 Å². The first-order valence-corrected chi connectivity index (χ1v) is 8.39. The molecule has 0 saturated heterocycles. The molecule has 0 spiro atoms. The van der Waals surface area contributed by atoms with Crippen LogP contribution in [0, 0.1) is 19.8 Å². The summed E-state index contributed by atoms with van der Waals surface area (Å²) in [4.78, 5) is 12.4. The quantitative estimate of drug-likeness (QED) is 0.864. The average molecular weight is 333 g/mol. The number of carbonyl (C=O) groups is 1. The highest BCUT2D eigenvalue weighted by Crippen LogP contribution is 2.41. The van der Waals surface area contributed by atoms with Crippen LogP contribution in [0.1, 0.15) is 47.9 Å². The maximum atomic E-state index is 12.4. The Morgan fingerprint density at radius 1 is 1.35 bits per heavy atom. The second-order valence-corrected chi connectivity index (χ2v) is 6.67. The number of carbonyl (C=O) groups excluding carboxylic acids is 1. The van der Waals surface area contributed by atoms with Gasteiger partial charge in [0.05, 0.1) is 11.7 Å². The van der Waals surface area contributed by atoms with E-state index in [4.69, 9.17) is 16.1 Å². The molecule has 1 fully saturated rings. The molecule has 1 unspecified atom stereocenters. The van der Waals surface area contributed by atoms with Crippen LogP contribution in [0.25, 0.3) is 0 Å². The fourth-order valence-corrected chi connectivity index (χ4v) is 3.04. The van der Waals surface area contributed by atoms with Crippen LogP contribution in [0.4, 0.5) is 0 Å². The second-order valence-electron chi connectivity index (χ2n) is 6.24. The molecule has 0 bridgehead atoms. The summed E-state index contributed by atoms with van der Waals surface area (Å²) in [6.45, 7) is 3.79. The Labute approximate surface area is 141 Å². The summed E-state index contributed by atoms with van der Waals surface area (Å²) in [6, 6.07) is 7.84. The minimum Gasteiger partial charge on any atom is -0.361 e. The molecule has 1 aliphatic rings. The molecule has 5 heteroatoms. The Morgan fingerprint density at radius 2 is 2.04 bits per heavy atom. The van der Waals surface area contributed by atoms with E-state index in [1.165, 1.54) is 0 Å². The van der Waals surface area contributed by atoms with E-state index in [9.17, 15) is 4.79 Å². The van der Waals surface area contributed by atoms with Gasteiger partial charge in [-0.3, -0.25) is 4.79 Å². The number of nitrogens with one attached hydrogen (secondary N) is 1. The number of rotatable bonds is 6. The number of nitrogens with zero attached hydrogens (tertiary/aromatic N) is 1. The summed E-state index contributed by atoms with van der Waals surface area (Å²) in [5.74, 6) is 1.41. The second kappa shape index (κ2) is 6.75. The van der Waals surface area contributed by atoms with Crippen molar-refractivity contribution < 1.29 is 9.32 Å². The Bertz CT molecular complexity index is 670. The number of aromatic nitrogens is 1. The van der Waals surface area contributed by atoms with Crippen LogP contribution >= 0.6 is 11.6 Å². The molecule has 1 heterocycles. The normalized spacial score (nSPS) is 15.4. The van der Waals surface area contributed by atoms with Gasteiger partial charge in [0.25, 0.3) is 0 Å². The van der Waals surface area contributed by atoms with Gasteiger partial charge in [-0.2, -0.15) is 0 Å². The summed E-state index contributed by atoms with van der Waals surface area (Å²) in [5.41, 5.74) is 3.03. The van der Waals surface area contributed by atoms with Gasteiger partial charge in [-0.1, -0.05) is 28.9 Å². The molecule has 0 aliphatic heterocycles. The lowest BCUT2D eigenvalue weighted by atomic mass is 10.0. The largest absolute Gasteiger partial charge is 0.361 e. The topological polar surface area (TPSA) is 55.1 Å². The van der Waals surface area contributed by atoms with Crippen molar-refractivity contribution in [3.05, 3.63) is 51.9 Å². The highest BCUT2D eigenvalue weighted by atomic mass is 35.5. The molecule has 122 valence electrons. The Balaban J connectivity index is 1.62. The van der Waals surface area contributed by atoms with E-state index in [1.807, 2.05) is 38.1 Å². The van der Waals surface area contributed by atoms with Crippen LogP contribution in [0.5, 0.6) is 0 Å². The SMILES string of the molecule is Cc1noc(C)c1CCC(=O)NC(c1ccc(Cl)cc1)C1CC1. The number of benzene rings is 1. The predicted octanol–water partition coefficient (Wildman–Crippen LogP) is 4.14. The molecule has 1 amide bonds. The van der Waals surface area contributed by atoms with Crippen molar-refractivity contribution in [1.29, 1.82) is 0 Å². The lowest BCUT2D eigenvalue weighted by Gasteiger charge is -2.19. The van der Waals surface area contributed by atoms with E-state index in [-0.39, 0.29) is 11.9 Å². The van der Waals surface area contributed by atoms with Crippen molar-refractivity contribution in [3.8, 4) is 0 Å². The van der Waals surface area contributed by atoms with E-state index >= 15 is 0 Å². The lowest BCUT2D eigenvalue weighted by molar-refractivity contribution is -0.122. The van der Waals surface area contributed by atoms with Crippen molar-refractivity contribution in [3.63, 3.8) is 0 Å². The maximum absolute atomic E-state index is 12.4. The lowest BCUT2D eigenvalue weighted by Crippen LogP contribution is -2.30. The summed E-state index contributed by atoms with van der Waals surface area (Å²) in [7, 11) is 0. The molecule has 3 rings (SSSR count). The minimum absolute atomic E-state index is 0.0665. The van der Waals surface area contributed by atoms with Crippen LogP contribution in [0.2, 0.25) is 5.02 Å². The molecule has 1 N–H and O–H groups in total. The van der Waals surface area contributed by atoms with Crippen molar-refractivity contribution >= 4 is 17.5 Å². The highest BCUT2D eigenvalue weighted by molar-refractivity contribution is 6.30. The van der Waals surface area contributed by atoms with Crippen LogP contribution < -0.4 is 5.32 Å². The number of halogens is 1. The molecule has 1 aromatic heterocycles. The number of hydrogen-bond donors (Lipinski definition) is 1. The Hall–Kier alpha value is -1.81. The van der Waals surface area contributed by atoms with Crippen molar-refractivity contribution in [1.82, 2.24) is 10.5 Å². The van der Waals surface area contributed by atoms with Gasteiger partial charge in [-0.25, -0.2) is 0 Å². The van der Waals surface area contributed by atoms with Gasteiger partial charge >= 0.3 is 0 Å². The van der Waals surface area contributed by atoms with Crippen molar-refractivity contribution in [2.75, 3.05) is 0 Å². The molecule has 1 atom stereocenters. The molecular weight excluding hydrogens is 312 g/mol. The molecular formula is C18H21ClN2O2. The molecule has 1 aliphatic carbocycles. The maximum Gasteiger partial charge on any atom is 0.220 e. The minimum atomic E-state index is 0.0665. The third kappa shape index (κ3) is 3.94. The van der Waals surface area contributed by atoms with E-state index in [0.29, 0.717) is 23.8 Å². The van der Waals surface area contributed by atoms with Crippen molar-refractivity contribution in [2.45, 2.75) is 45.6 Å². The first kappa shape index (κ1) is 16.1. The highest BCUT2D eigenvalue weighted by Gasteiger charge is 2.33. The summed E-state index contributed by atoms with van der Waals surface area (Å²) in [6.07, 6.45) is 3.43. The van der Waals surface area contributed by atoms with Gasteiger partial charge in [0.1, 0.15) is 5.76 Å². The van der Waals surface area contributed by atoms with Gasteiger partial charge in [0.15, 0.2) is 0 Å². The summed E-state index contributed by atoms with van der Waals surface area (Å²) < 4.78 is 5.14. The average Bonchev–Trinajstić information content (AvgIpc) is 3.31. The van der Waals surface area contributed by atoms with Gasteiger partial charge in [-0.15, -0.1) is 0 Å². The van der Waals surface area contributed by atoms with Crippen LogP contribution in [-0.4, -0.2) is 11.1 Å². The smallest absolute Gasteiger partial charge is 0.220 e. The fourth-order valence-electron chi connectivity index (χ4n) is 2.92. The summed E-state index contributed by atoms with van der Waals surface area (Å²) >= 11 is 5.95. The fraction of sp³-hybridized carbons (Fsp3) is 0.444. The zero-order valence-electron chi connectivity index (χ0n) is 13.4. The van der Waals surface area contributed by atoms with Crippen LogP contribution in [0.3, 0.4) is 0 Å². The molecule has 1 saturated carbocycles. The Morgan fingerprint density at radius 3 is 2.61 bits per heavy atom. The van der Waals surface area contributed by atoms with E-state index < -0.39 is 0 Å². The molecule has 0 radical (unpaired) electrons. The standard InChI is InChI=1S/C18H21ClN2O2/c1-11-16(12(2)23-21-11)9-10-17(22)20-18(13-3-4-13)14-5-7-15(19)8-6-14/h5-8,13,18H,3-4,9-10H2,1-2H3,(H,20,22). The molecule has 23 heavy (non-hydrogen) atoms. The van der Waals surface area contributed by atoms with Gasteiger partial charge < -0.3 is 9.84 Å². The van der Waals surface area contributed by atoms with Crippen LogP contribution in [0.15, 0.2) is 28.8 Å². The van der Waals surface area contributed by atoms with Gasteiger partial charge in [0, 0.05) is 17.0 Å². The monoisotopic (exact) mass is 332 g/mol. The zero-order chi connectivity index (χ0) is 16.4. The third-order valence-electron chi connectivity index (χ3n) is 4.42. The molecule has 2 aromatic rings. The zero-order valence-corrected chi connectivity index (χ0v) is 14.2.